The number of rotatable bonds is 5. The summed E-state index contributed by atoms with van der Waals surface area (Å²) < 4.78 is 34.4. The molecule has 3 aromatic heterocycles. The first-order valence-electron chi connectivity index (χ1n) is 10.4. The number of nitrogen functional groups attached to an aromatic ring is 1. The number of hydrogen-bond acceptors (Lipinski definition) is 5. The summed E-state index contributed by atoms with van der Waals surface area (Å²) in [4.78, 5) is 20.3. The van der Waals surface area contributed by atoms with E-state index in [9.17, 15) is 13.6 Å². The molecule has 170 valence electrons. The van der Waals surface area contributed by atoms with Crippen LogP contribution in [0.2, 0.25) is 0 Å². The molecule has 0 amide bonds. The Morgan fingerprint density at radius 2 is 1.82 bits per heavy atom. The Labute approximate surface area is 192 Å². The third-order valence-corrected chi connectivity index (χ3v) is 5.48. The predicted octanol–water partition coefficient (Wildman–Crippen LogP) is 5.25. The van der Waals surface area contributed by atoms with Gasteiger partial charge in [0.05, 0.1) is 29.3 Å². The van der Waals surface area contributed by atoms with Crippen molar-refractivity contribution in [1.82, 2.24) is 19.7 Å². The summed E-state index contributed by atoms with van der Waals surface area (Å²) in [7, 11) is 0. The number of H-pyrrole nitrogens is 1. The van der Waals surface area contributed by atoms with Crippen LogP contribution >= 0.6 is 0 Å². The number of carbonyl (C=O) groups excluding carboxylic acids is 1. The average molecular weight is 459 g/mol. The number of aromatic amines is 1. The van der Waals surface area contributed by atoms with Crippen LogP contribution < -0.4 is 10.5 Å². The minimum absolute atomic E-state index is 0.000599. The Kier molecular flexibility index (Phi) is 5.09. The van der Waals surface area contributed by atoms with Gasteiger partial charge in [-0.15, -0.1) is 0 Å². The molecule has 0 saturated carbocycles. The van der Waals surface area contributed by atoms with Gasteiger partial charge in [-0.2, -0.15) is 5.10 Å². The van der Waals surface area contributed by atoms with Crippen LogP contribution in [0.15, 0.2) is 60.9 Å². The molecule has 0 saturated heterocycles. The van der Waals surface area contributed by atoms with E-state index in [1.54, 1.807) is 13.0 Å². The largest absolute Gasteiger partial charge is 0.433 e. The van der Waals surface area contributed by atoms with Gasteiger partial charge in [0.2, 0.25) is 17.4 Å². The first kappa shape index (κ1) is 21.3. The molecule has 0 aliphatic rings. The number of halogens is 2. The summed E-state index contributed by atoms with van der Waals surface area (Å²) in [5.74, 6) is -2.37. The number of ketones is 1. The number of nitrogens with one attached hydrogen (secondary N) is 1. The van der Waals surface area contributed by atoms with E-state index < -0.39 is 17.4 Å². The van der Waals surface area contributed by atoms with E-state index in [1.807, 2.05) is 25.1 Å². The van der Waals surface area contributed by atoms with Gasteiger partial charge in [0.1, 0.15) is 5.82 Å². The SMILES string of the molecule is Cc1ccc2[nH]c(C(=O)c3cnn(-c4cnc(Oc5c(F)cccc5F)cc4C)c3N)cc2c1. The van der Waals surface area contributed by atoms with Crippen LogP contribution in [-0.2, 0) is 0 Å². The molecular formula is C25H19F2N5O2. The highest BCUT2D eigenvalue weighted by atomic mass is 19.1. The summed E-state index contributed by atoms with van der Waals surface area (Å²) in [5.41, 5.74) is 9.95. The van der Waals surface area contributed by atoms with Crippen LogP contribution in [0.25, 0.3) is 16.6 Å². The van der Waals surface area contributed by atoms with Gasteiger partial charge in [-0.1, -0.05) is 17.7 Å². The summed E-state index contributed by atoms with van der Waals surface area (Å²) in [6.45, 7) is 3.72. The normalized spacial score (nSPS) is 11.2. The lowest BCUT2D eigenvalue weighted by molar-refractivity contribution is 0.103. The first-order chi connectivity index (χ1) is 16.3. The van der Waals surface area contributed by atoms with E-state index in [0.29, 0.717) is 16.9 Å². The Morgan fingerprint density at radius 3 is 2.56 bits per heavy atom. The summed E-state index contributed by atoms with van der Waals surface area (Å²) >= 11 is 0. The molecular weight excluding hydrogens is 440 g/mol. The lowest BCUT2D eigenvalue weighted by atomic mass is 10.1. The number of aryl methyl sites for hydroxylation is 2. The number of ether oxygens (including phenoxy) is 1. The van der Waals surface area contributed by atoms with Crippen molar-refractivity contribution in [3.05, 3.63) is 94.9 Å². The Bertz CT molecular complexity index is 1550. The standard InChI is InChI=1S/C25H19F2N5O2/c1-13-6-7-19-15(8-13)10-20(31-19)23(33)16-11-30-32(25(16)28)21-12-29-22(9-14(21)2)34-24-17(26)4-3-5-18(24)27/h3-12,31H,28H2,1-2H3. The number of fused-ring (bicyclic) bond motifs is 1. The molecule has 3 N–H and O–H groups in total. The topological polar surface area (TPSA) is 98.8 Å². The molecule has 0 bridgehead atoms. The van der Waals surface area contributed by atoms with Gasteiger partial charge in [-0.3, -0.25) is 4.79 Å². The lowest BCUT2D eigenvalue weighted by Crippen LogP contribution is -2.09. The third kappa shape index (κ3) is 3.66. The molecule has 0 aliphatic carbocycles. The number of carbonyl (C=O) groups is 1. The van der Waals surface area contributed by atoms with Crippen LogP contribution in [0, 0.1) is 25.5 Å². The minimum atomic E-state index is -0.838. The van der Waals surface area contributed by atoms with Gasteiger partial charge in [0.15, 0.2) is 11.6 Å². The van der Waals surface area contributed by atoms with Crippen LogP contribution in [0.1, 0.15) is 27.2 Å². The van der Waals surface area contributed by atoms with E-state index in [1.165, 1.54) is 29.2 Å². The van der Waals surface area contributed by atoms with Gasteiger partial charge in [0.25, 0.3) is 0 Å². The van der Waals surface area contributed by atoms with E-state index >= 15 is 0 Å². The number of benzene rings is 2. The Hall–Kier alpha value is -4.53. The lowest BCUT2D eigenvalue weighted by Gasteiger charge is -2.11. The number of pyridine rings is 1. The van der Waals surface area contributed by atoms with Gasteiger partial charge >= 0.3 is 0 Å². The summed E-state index contributed by atoms with van der Waals surface area (Å²) in [6, 6.07) is 12.6. The minimum Gasteiger partial charge on any atom is -0.433 e. The molecule has 3 heterocycles. The van der Waals surface area contributed by atoms with Crippen LogP contribution in [-0.4, -0.2) is 25.5 Å². The smallest absolute Gasteiger partial charge is 0.219 e. The Balaban J connectivity index is 1.45. The molecule has 0 unspecified atom stereocenters. The van der Waals surface area contributed by atoms with Gasteiger partial charge in [-0.25, -0.2) is 18.4 Å². The third-order valence-electron chi connectivity index (χ3n) is 5.48. The number of anilines is 1. The van der Waals surface area contributed by atoms with Crippen molar-refractivity contribution in [3.63, 3.8) is 0 Å². The zero-order chi connectivity index (χ0) is 24.0. The molecule has 0 spiro atoms. The van der Waals surface area contributed by atoms with E-state index in [4.69, 9.17) is 10.5 Å². The monoisotopic (exact) mass is 459 g/mol. The zero-order valence-electron chi connectivity index (χ0n) is 18.3. The molecule has 34 heavy (non-hydrogen) atoms. The highest BCUT2D eigenvalue weighted by molar-refractivity contribution is 6.12. The molecule has 0 fully saturated rings. The van der Waals surface area contributed by atoms with Crippen molar-refractivity contribution in [2.75, 3.05) is 5.73 Å². The van der Waals surface area contributed by atoms with E-state index in [-0.39, 0.29) is 23.0 Å². The molecule has 0 radical (unpaired) electrons. The van der Waals surface area contributed by atoms with Crippen LogP contribution in [0.3, 0.4) is 0 Å². The molecule has 7 nitrogen and oxygen atoms in total. The molecule has 9 heteroatoms. The first-order valence-corrected chi connectivity index (χ1v) is 10.4. The molecule has 5 aromatic rings. The maximum atomic E-state index is 13.9. The highest BCUT2D eigenvalue weighted by Gasteiger charge is 2.21. The molecule has 0 aliphatic heterocycles. The average Bonchev–Trinajstić information content (AvgIpc) is 3.39. The second kappa shape index (κ2) is 8.11. The van der Waals surface area contributed by atoms with E-state index in [0.717, 1.165) is 28.6 Å². The van der Waals surface area contributed by atoms with Crippen LogP contribution in [0.4, 0.5) is 14.6 Å². The number of aromatic nitrogens is 4. The summed E-state index contributed by atoms with van der Waals surface area (Å²) in [5, 5.41) is 5.19. The van der Waals surface area contributed by atoms with Crippen molar-refractivity contribution in [3.8, 4) is 17.3 Å². The predicted molar refractivity (Wildman–Crippen MR) is 123 cm³/mol. The second-order valence-corrected chi connectivity index (χ2v) is 7.92. The Morgan fingerprint density at radius 1 is 1.06 bits per heavy atom. The quantitative estimate of drug-likeness (QED) is 0.350. The van der Waals surface area contributed by atoms with Gasteiger partial charge in [0, 0.05) is 17.0 Å². The fourth-order valence-electron chi connectivity index (χ4n) is 3.73. The van der Waals surface area contributed by atoms with Crippen molar-refractivity contribution in [2.45, 2.75) is 13.8 Å². The second-order valence-electron chi connectivity index (χ2n) is 7.92. The number of para-hydroxylation sites is 1. The fourth-order valence-corrected chi connectivity index (χ4v) is 3.73. The number of hydrogen-bond donors (Lipinski definition) is 2. The molecule has 0 atom stereocenters. The van der Waals surface area contributed by atoms with Gasteiger partial charge < -0.3 is 15.5 Å². The van der Waals surface area contributed by atoms with Crippen molar-refractivity contribution < 1.29 is 18.3 Å². The number of nitrogens with zero attached hydrogens (tertiary/aromatic N) is 3. The van der Waals surface area contributed by atoms with Crippen molar-refractivity contribution in [1.29, 1.82) is 0 Å². The fraction of sp³-hybridized carbons (Fsp3) is 0.0800. The van der Waals surface area contributed by atoms with Gasteiger partial charge in [-0.05, 0) is 49.7 Å². The zero-order valence-corrected chi connectivity index (χ0v) is 18.3. The maximum Gasteiger partial charge on any atom is 0.219 e. The van der Waals surface area contributed by atoms with Crippen molar-refractivity contribution in [2.24, 2.45) is 0 Å². The number of nitrogens with two attached hydrogens (primary N) is 1. The van der Waals surface area contributed by atoms with Crippen LogP contribution in [0.5, 0.6) is 11.6 Å². The molecule has 2 aromatic carbocycles. The summed E-state index contributed by atoms with van der Waals surface area (Å²) in [6.07, 6.45) is 2.81. The van der Waals surface area contributed by atoms with Crippen molar-refractivity contribution >= 4 is 22.5 Å². The maximum absolute atomic E-state index is 13.9. The van der Waals surface area contributed by atoms with E-state index in [2.05, 4.69) is 15.1 Å². The molecule has 5 rings (SSSR count). The highest BCUT2D eigenvalue weighted by Crippen LogP contribution is 2.29.